The van der Waals surface area contributed by atoms with Gasteiger partial charge in [0.05, 0.1) is 0 Å². The number of H-pyrrole nitrogens is 2. The number of hydrogen-bond donors (Lipinski definition) is 2. The van der Waals surface area contributed by atoms with Gasteiger partial charge in [-0.1, -0.05) is 30.3 Å². The van der Waals surface area contributed by atoms with Crippen LogP contribution in [0, 0.1) is 0 Å². The van der Waals surface area contributed by atoms with E-state index in [0.717, 1.165) is 52.9 Å². The molecule has 5 aromatic rings. The Labute approximate surface area is 227 Å². The number of hydrogen-bond acceptors (Lipinski definition) is 6. The fourth-order valence-corrected chi connectivity index (χ4v) is 5.03. The van der Waals surface area contributed by atoms with Crippen molar-refractivity contribution in [2.45, 2.75) is 32.9 Å². The molecule has 200 valence electrons. The SMILES string of the molecule is CC(C)(C)OC(=O)ON1CCN(Cc2ccc(-c3cnc4[nH]cc(-c5ccc6[nH]ccc6c5)c4c3)cc2)CC1. The Hall–Kier alpha value is -4.14. The van der Waals surface area contributed by atoms with Gasteiger partial charge in [-0.05, 0) is 67.1 Å². The summed E-state index contributed by atoms with van der Waals surface area (Å²) in [7, 11) is 0. The normalized spacial score (nSPS) is 15.2. The zero-order valence-electron chi connectivity index (χ0n) is 22.5. The van der Waals surface area contributed by atoms with Crippen molar-refractivity contribution >= 4 is 28.1 Å². The van der Waals surface area contributed by atoms with Gasteiger partial charge in [-0.2, -0.15) is 0 Å². The number of ether oxygens (including phenoxy) is 1. The summed E-state index contributed by atoms with van der Waals surface area (Å²) in [5, 5.41) is 3.99. The number of carbonyl (C=O) groups is 1. The monoisotopic (exact) mass is 523 g/mol. The molecule has 1 saturated heterocycles. The summed E-state index contributed by atoms with van der Waals surface area (Å²) in [6.45, 7) is 9.27. The van der Waals surface area contributed by atoms with Gasteiger partial charge in [-0.25, -0.2) is 9.78 Å². The summed E-state index contributed by atoms with van der Waals surface area (Å²) in [5.41, 5.74) is 7.24. The summed E-state index contributed by atoms with van der Waals surface area (Å²) in [5.74, 6) is 0. The summed E-state index contributed by atoms with van der Waals surface area (Å²) in [6, 6.07) is 19.5. The number of nitrogens with zero attached hydrogens (tertiary/aromatic N) is 3. The predicted octanol–water partition coefficient (Wildman–Crippen LogP) is 6.36. The Morgan fingerprint density at radius 1 is 0.923 bits per heavy atom. The van der Waals surface area contributed by atoms with E-state index < -0.39 is 11.8 Å². The molecule has 6 rings (SSSR count). The number of hydroxylamine groups is 2. The summed E-state index contributed by atoms with van der Waals surface area (Å²) >= 11 is 0. The second kappa shape index (κ2) is 10.2. The second-order valence-electron chi connectivity index (χ2n) is 11.1. The Balaban J connectivity index is 1.11. The summed E-state index contributed by atoms with van der Waals surface area (Å²) < 4.78 is 5.25. The molecule has 0 spiro atoms. The number of rotatable bonds is 5. The molecule has 0 aliphatic carbocycles. The minimum absolute atomic E-state index is 0.561. The third-order valence-corrected chi connectivity index (χ3v) is 7.01. The van der Waals surface area contributed by atoms with Crippen LogP contribution in [-0.2, 0) is 16.1 Å². The van der Waals surface area contributed by atoms with Crippen molar-refractivity contribution in [1.82, 2.24) is 24.9 Å². The quantitative estimate of drug-likeness (QED) is 0.261. The second-order valence-corrected chi connectivity index (χ2v) is 11.1. The summed E-state index contributed by atoms with van der Waals surface area (Å²) in [6.07, 6.45) is 5.29. The van der Waals surface area contributed by atoms with Gasteiger partial charge in [0.15, 0.2) is 0 Å². The highest BCUT2D eigenvalue weighted by molar-refractivity contribution is 5.98. The largest absolute Gasteiger partial charge is 0.528 e. The molecule has 1 aliphatic rings. The van der Waals surface area contributed by atoms with Crippen molar-refractivity contribution in [3.63, 3.8) is 0 Å². The van der Waals surface area contributed by atoms with Gasteiger partial charge in [-0.3, -0.25) is 4.90 Å². The van der Waals surface area contributed by atoms with Crippen LogP contribution in [0.1, 0.15) is 26.3 Å². The Morgan fingerprint density at radius 3 is 2.46 bits per heavy atom. The van der Waals surface area contributed by atoms with Crippen molar-refractivity contribution < 1.29 is 14.4 Å². The van der Waals surface area contributed by atoms with Gasteiger partial charge >= 0.3 is 6.16 Å². The zero-order chi connectivity index (χ0) is 27.0. The highest BCUT2D eigenvalue weighted by Crippen LogP contribution is 2.32. The first-order valence-electron chi connectivity index (χ1n) is 13.3. The van der Waals surface area contributed by atoms with Gasteiger partial charge < -0.3 is 19.5 Å². The molecule has 0 amide bonds. The minimum atomic E-state index is -0.646. The maximum atomic E-state index is 11.9. The van der Waals surface area contributed by atoms with E-state index in [-0.39, 0.29) is 0 Å². The van der Waals surface area contributed by atoms with E-state index in [4.69, 9.17) is 14.6 Å². The van der Waals surface area contributed by atoms with Crippen LogP contribution in [0.15, 0.2) is 73.2 Å². The number of nitrogens with one attached hydrogen (secondary N) is 2. The van der Waals surface area contributed by atoms with Gasteiger partial charge in [-0.15, -0.1) is 5.06 Å². The lowest BCUT2D eigenvalue weighted by Gasteiger charge is -2.33. The number of fused-ring (bicyclic) bond motifs is 2. The molecule has 0 radical (unpaired) electrons. The molecule has 3 aromatic heterocycles. The van der Waals surface area contributed by atoms with Crippen LogP contribution < -0.4 is 0 Å². The first-order chi connectivity index (χ1) is 18.8. The van der Waals surface area contributed by atoms with E-state index >= 15 is 0 Å². The van der Waals surface area contributed by atoms with Crippen LogP contribution in [0.3, 0.4) is 0 Å². The maximum Gasteiger partial charge on any atom is 0.528 e. The average molecular weight is 524 g/mol. The number of aromatic amines is 2. The smallest absolute Gasteiger partial charge is 0.427 e. The average Bonchev–Trinajstić information content (AvgIpc) is 3.55. The van der Waals surface area contributed by atoms with E-state index in [0.29, 0.717) is 13.1 Å². The molecule has 2 aromatic carbocycles. The van der Waals surface area contributed by atoms with Crippen LogP contribution in [0.5, 0.6) is 0 Å². The predicted molar refractivity (Wildman–Crippen MR) is 153 cm³/mol. The zero-order valence-corrected chi connectivity index (χ0v) is 22.5. The fraction of sp³-hybridized carbons (Fsp3) is 0.290. The molecular weight excluding hydrogens is 490 g/mol. The topological polar surface area (TPSA) is 86.5 Å². The molecule has 2 N–H and O–H groups in total. The number of carbonyl (C=O) groups excluding carboxylic acids is 1. The van der Waals surface area contributed by atoms with Crippen molar-refractivity contribution in [3.05, 3.63) is 78.8 Å². The van der Waals surface area contributed by atoms with E-state index in [1.54, 1.807) is 5.06 Å². The third kappa shape index (κ3) is 5.67. The van der Waals surface area contributed by atoms with Crippen molar-refractivity contribution in [3.8, 4) is 22.3 Å². The number of pyridine rings is 1. The first-order valence-corrected chi connectivity index (χ1v) is 13.3. The highest BCUT2D eigenvalue weighted by Gasteiger charge is 2.24. The van der Waals surface area contributed by atoms with Gasteiger partial charge in [0.25, 0.3) is 0 Å². The molecule has 8 nitrogen and oxygen atoms in total. The molecular formula is C31H33N5O3. The number of benzene rings is 2. The molecule has 4 heterocycles. The van der Waals surface area contributed by atoms with E-state index in [1.165, 1.54) is 16.5 Å². The molecule has 1 aliphatic heterocycles. The van der Waals surface area contributed by atoms with Crippen molar-refractivity contribution in [2.24, 2.45) is 0 Å². The minimum Gasteiger partial charge on any atom is -0.427 e. The van der Waals surface area contributed by atoms with Crippen LogP contribution in [0.4, 0.5) is 4.79 Å². The number of piperazine rings is 1. The molecule has 0 unspecified atom stereocenters. The standard InChI is InChI=1S/C31H33N5O3/c1-31(2,3)38-30(37)39-36-14-12-35(13-15-36)20-21-4-6-22(7-5-21)25-17-26-27(19-34-29(26)33-18-25)23-8-9-28-24(16-23)10-11-32-28/h4-11,16-19,32H,12-15,20H2,1-3H3,(H,33,34). The maximum absolute atomic E-state index is 11.9. The van der Waals surface area contributed by atoms with E-state index in [1.807, 2.05) is 39.4 Å². The fourth-order valence-electron chi connectivity index (χ4n) is 5.03. The lowest BCUT2D eigenvalue weighted by Crippen LogP contribution is -2.47. The summed E-state index contributed by atoms with van der Waals surface area (Å²) in [4.78, 5) is 30.9. The molecule has 0 saturated carbocycles. The Morgan fingerprint density at radius 2 is 1.69 bits per heavy atom. The van der Waals surface area contributed by atoms with Crippen LogP contribution >= 0.6 is 0 Å². The van der Waals surface area contributed by atoms with Crippen molar-refractivity contribution in [2.75, 3.05) is 26.2 Å². The molecule has 0 bridgehead atoms. The molecule has 0 atom stereocenters. The molecule has 8 heteroatoms. The van der Waals surface area contributed by atoms with Gasteiger partial charge in [0.2, 0.25) is 0 Å². The number of aromatic nitrogens is 3. The van der Waals surface area contributed by atoms with Crippen LogP contribution in [0.2, 0.25) is 0 Å². The lowest BCUT2D eigenvalue weighted by atomic mass is 10.0. The van der Waals surface area contributed by atoms with Crippen molar-refractivity contribution in [1.29, 1.82) is 0 Å². The van der Waals surface area contributed by atoms with E-state index in [9.17, 15) is 4.79 Å². The first kappa shape index (κ1) is 25.2. The van der Waals surface area contributed by atoms with E-state index in [2.05, 4.69) is 69.5 Å². The van der Waals surface area contributed by atoms with Gasteiger partial charge in [0.1, 0.15) is 11.2 Å². The van der Waals surface area contributed by atoms with Gasteiger partial charge in [0, 0.05) is 73.3 Å². The van der Waals surface area contributed by atoms with Crippen LogP contribution in [-0.4, -0.2) is 62.9 Å². The Bertz CT molecular complexity index is 1610. The Kier molecular flexibility index (Phi) is 6.58. The highest BCUT2D eigenvalue weighted by atomic mass is 16.8. The lowest BCUT2D eigenvalue weighted by molar-refractivity contribution is -0.158. The third-order valence-electron chi connectivity index (χ3n) is 7.01. The molecule has 39 heavy (non-hydrogen) atoms. The van der Waals surface area contributed by atoms with Crippen LogP contribution in [0.25, 0.3) is 44.2 Å². The molecule has 1 fully saturated rings.